The van der Waals surface area contributed by atoms with Crippen LogP contribution in [0, 0.1) is 0 Å². The summed E-state index contributed by atoms with van der Waals surface area (Å²) in [5, 5.41) is 0. The maximum Gasteiger partial charge on any atom is 0.422 e. The molecule has 0 spiro atoms. The van der Waals surface area contributed by atoms with E-state index in [0.717, 1.165) is 6.42 Å². The number of rotatable bonds is 4. The number of amides is 1. The Hall–Kier alpha value is -1.83. The monoisotopic (exact) mass is 318 g/mol. The number of aromatic nitrogens is 1. The number of halogens is 3. The lowest BCUT2D eigenvalue weighted by molar-refractivity contribution is -0.154. The smallest absolute Gasteiger partial charge is 0.422 e. The minimum atomic E-state index is -4.48. The molecule has 1 unspecified atom stereocenters. The van der Waals surface area contributed by atoms with Crippen LogP contribution in [0.15, 0.2) is 18.3 Å². The molecule has 22 heavy (non-hydrogen) atoms. The van der Waals surface area contributed by atoms with E-state index in [1.807, 2.05) is 6.92 Å². The Labute approximate surface area is 126 Å². The normalized spacial score (nSPS) is 19.1. The molecule has 1 atom stereocenters. The van der Waals surface area contributed by atoms with Crippen molar-refractivity contribution in [2.24, 2.45) is 0 Å². The molecule has 1 amide bonds. The zero-order valence-corrected chi connectivity index (χ0v) is 12.1. The van der Waals surface area contributed by atoms with E-state index in [9.17, 15) is 18.0 Å². The maximum atomic E-state index is 12.5. The van der Waals surface area contributed by atoms with Gasteiger partial charge >= 0.3 is 6.18 Å². The number of carbonyl (C=O) groups excluding carboxylic acids is 1. The zero-order chi connectivity index (χ0) is 16.2. The number of pyridine rings is 1. The van der Waals surface area contributed by atoms with Crippen LogP contribution in [-0.4, -0.2) is 54.4 Å². The average Bonchev–Trinajstić information content (AvgIpc) is 2.52. The molecule has 1 aromatic rings. The standard InChI is InChI=1S/C14H17F3N2O3/c1-2-10-8-19(6-7-21-10)13(20)11-4-3-5-18-12(11)22-9-14(15,16)17/h3-5,10H,2,6-9H2,1H3. The summed E-state index contributed by atoms with van der Waals surface area (Å²) in [5.41, 5.74) is 0.0310. The summed E-state index contributed by atoms with van der Waals surface area (Å²) < 4.78 is 46.9. The Kier molecular flexibility index (Phi) is 5.23. The molecule has 1 aromatic heterocycles. The molecule has 0 aliphatic carbocycles. The van der Waals surface area contributed by atoms with E-state index < -0.39 is 18.7 Å². The fourth-order valence-electron chi connectivity index (χ4n) is 2.14. The number of nitrogens with zero attached hydrogens (tertiary/aromatic N) is 2. The van der Waals surface area contributed by atoms with Gasteiger partial charge in [0.05, 0.1) is 12.7 Å². The van der Waals surface area contributed by atoms with Gasteiger partial charge in [0.2, 0.25) is 5.88 Å². The average molecular weight is 318 g/mol. The lowest BCUT2D eigenvalue weighted by Gasteiger charge is -2.32. The molecule has 5 nitrogen and oxygen atoms in total. The van der Waals surface area contributed by atoms with Crippen molar-refractivity contribution in [3.05, 3.63) is 23.9 Å². The van der Waals surface area contributed by atoms with E-state index in [-0.39, 0.29) is 17.5 Å². The van der Waals surface area contributed by atoms with Gasteiger partial charge in [-0.3, -0.25) is 4.79 Å². The van der Waals surface area contributed by atoms with Gasteiger partial charge < -0.3 is 14.4 Å². The van der Waals surface area contributed by atoms with Gasteiger partial charge in [-0.1, -0.05) is 6.92 Å². The molecule has 0 N–H and O–H groups in total. The highest BCUT2D eigenvalue weighted by Crippen LogP contribution is 2.22. The van der Waals surface area contributed by atoms with Crippen LogP contribution in [0.4, 0.5) is 13.2 Å². The molecular formula is C14H17F3N2O3. The van der Waals surface area contributed by atoms with Gasteiger partial charge in [0, 0.05) is 19.3 Å². The van der Waals surface area contributed by atoms with Crippen LogP contribution in [0.2, 0.25) is 0 Å². The summed E-state index contributed by atoms with van der Waals surface area (Å²) in [7, 11) is 0. The van der Waals surface area contributed by atoms with E-state index >= 15 is 0 Å². The molecule has 0 saturated carbocycles. The SMILES string of the molecule is CCC1CN(C(=O)c2cccnc2OCC(F)(F)F)CCO1. The van der Waals surface area contributed by atoms with Gasteiger partial charge in [-0.25, -0.2) is 4.98 Å². The number of hydrogen-bond donors (Lipinski definition) is 0. The van der Waals surface area contributed by atoms with Crippen LogP contribution in [-0.2, 0) is 4.74 Å². The quantitative estimate of drug-likeness (QED) is 0.854. The molecule has 0 aromatic carbocycles. The lowest BCUT2D eigenvalue weighted by Crippen LogP contribution is -2.45. The second-order valence-electron chi connectivity index (χ2n) is 4.91. The van der Waals surface area contributed by atoms with Crippen molar-refractivity contribution in [3.8, 4) is 5.88 Å². The van der Waals surface area contributed by atoms with Crippen molar-refractivity contribution in [2.75, 3.05) is 26.3 Å². The summed E-state index contributed by atoms with van der Waals surface area (Å²) in [5.74, 6) is -0.698. The number of morpholine rings is 1. The first-order valence-electron chi connectivity index (χ1n) is 6.96. The van der Waals surface area contributed by atoms with Crippen molar-refractivity contribution in [3.63, 3.8) is 0 Å². The number of hydrogen-bond acceptors (Lipinski definition) is 4. The number of carbonyl (C=O) groups is 1. The summed E-state index contributed by atoms with van der Waals surface area (Å²) in [6.07, 6.45) is -2.50. The largest absolute Gasteiger partial charge is 0.467 e. The topological polar surface area (TPSA) is 51.7 Å². The van der Waals surface area contributed by atoms with E-state index in [0.29, 0.717) is 19.7 Å². The predicted molar refractivity (Wildman–Crippen MR) is 71.7 cm³/mol. The van der Waals surface area contributed by atoms with E-state index in [1.54, 1.807) is 4.90 Å². The Balaban J connectivity index is 2.12. The molecule has 1 fully saturated rings. The van der Waals surface area contributed by atoms with Crippen molar-refractivity contribution in [1.29, 1.82) is 0 Å². The highest BCUT2D eigenvalue weighted by molar-refractivity contribution is 5.96. The summed E-state index contributed by atoms with van der Waals surface area (Å²) in [6.45, 7) is 1.67. The highest BCUT2D eigenvalue weighted by Gasteiger charge is 2.31. The Morgan fingerprint density at radius 2 is 2.32 bits per heavy atom. The van der Waals surface area contributed by atoms with Crippen LogP contribution in [0.1, 0.15) is 23.7 Å². The summed E-state index contributed by atoms with van der Waals surface area (Å²) in [6, 6.07) is 2.91. The van der Waals surface area contributed by atoms with Crippen molar-refractivity contribution in [1.82, 2.24) is 9.88 Å². The molecule has 1 saturated heterocycles. The minimum Gasteiger partial charge on any atom is -0.467 e. The fourth-order valence-corrected chi connectivity index (χ4v) is 2.14. The van der Waals surface area contributed by atoms with Crippen LogP contribution in [0.3, 0.4) is 0 Å². The first-order valence-corrected chi connectivity index (χ1v) is 6.96. The summed E-state index contributed by atoms with van der Waals surface area (Å²) >= 11 is 0. The molecule has 2 heterocycles. The third-order valence-corrected chi connectivity index (χ3v) is 3.26. The van der Waals surface area contributed by atoms with Crippen molar-refractivity contribution in [2.45, 2.75) is 25.6 Å². The summed E-state index contributed by atoms with van der Waals surface area (Å²) in [4.78, 5) is 17.8. The first-order chi connectivity index (χ1) is 10.4. The third kappa shape index (κ3) is 4.33. The fraction of sp³-hybridized carbons (Fsp3) is 0.571. The minimum absolute atomic E-state index is 0.0310. The van der Waals surface area contributed by atoms with Crippen LogP contribution in [0.5, 0.6) is 5.88 Å². The molecule has 0 radical (unpaired) electrons. The van der Waals surface area contributed by atoms with E-state index in [4.69, 9.17) is 4.74 Å². The molecule has 0 bridgehead atoms. The van der Waals surface area contributed by atoms with Crippen LogP contribution >= 0.6 is 0 Å². The highest BCUT2D eigenvalue weighted by atomic mass is 19.4. The van der Waals surface area contributed by atoms with Gasteiger partial charge in [0.1, 0.15) is 5.56 Å². The molecule has 122 valence electrons. The third-order valence-electron chi connectivity index (χ3n) is 3.26. The second kappa shape index (κ2) is 6.95. The Morgan fingerprint density at radius 1 is 1.55 bits per heavy atom. The van der Waals surface area contributed by atoms with Gasteiger partial charge in [-0.2, -0.15) is 13.2 Å². The van der Waals surface area contributed by atoms with Crippen LogP contribution in [0.25, 0.3) is 0 Å². The van der Waals surface area contributed by atoms with E-state index in [1.165, 1.54) is 18.3 Å². The maximum absolute atomic E-state index is 12.5. The molecule has 8 heteroatoms. The molecular weight excluding hydrogens is 301 g/mol. The Bertz CT molecular complexity index is 522. The number of alkyl halides is 3. The Morgan fingerprint density at radius 3 is 3.00 bits per heavy atom. The van der Waals surface area contributed by atoms with Gasteiger partial charge in [-0.05, 0) is 18.6 Å². The van der Waals surface area contributed by atoms with Crippen molar-refractivity contribution < 1.29 is 27.4 Å². The molecule has 1 aliphatic heterocycles. The van der Waals surface area contributed by atoms with Gasteiger partial charge in [-0.15, -0.1) is 0 Å². The van der Waals surface area contributed by atoms with Crippen LogP contribution < -0.4 is 4.74 Å². The zero-order valence-electron chi connectivity index (χ0n) is 12.1. The molecule has 1 aliphatic rings. The lowest BCUT2D eigenvalue weighted by atomic mass is 10.2. The number of ether oxygens (including phenoxy) is 2. The van der Waals surface area contributed by atoms with Gasteiger partial charge in [0.25, 0.3) is 5.91 Å². The predicted octanol–water partition coefficient (Wildman–Crippen LogP) is 2.27. The van der Waals surface area contributed by atoms with Crippen molar-refractivity contribution >= 4 is 5.91 Å². The van der Waals surface area contributed by atoms with Gasteiger partial charge in [0.15, 0.2) is 6.61 Å². The first kappa shape index (κ1) is 16.5. The van der Waals surface area contributed by atoms with E-state index in [2.05, 4.69) is 9.72 Å². The molecule has 2 rings (SSSR count). The second-order valence-corrected chi connectivity index (χ2v) is 4.91.